The van der Waals surface area contributed by atoms with E-state index < -0.39 is 5.97 Å². The van der Waals surface area contributed by atoms with Gasteiger partial charge in [0.05, 0.1) is 25.4 Å². The van der Waals surface area contributed by atoms with Crippen molar-refractivity contribution in [3.05, 3.63) is 22.5 Å². The average molecular weight is 295 g/mol. The van der Waals surface area contributed by atoms with Gasteiger partial charge in [-0.05, 0) is 26.3 Å². The van der Waals surface area contributed by atoms with Gasteiger partial charge in [-0.2, -0.15) is 0 Å². The number of H-pyrrole nitrogens is 1. The molecule has 1 saturated heterocycles. The van der Waals surface area contributed by atoms with E-state index in [9.17, 15) is 9.59 Å². The zero-order valence-electron chi connectivity index (χ0n) is 12.6. The van der Waals surface area contributed by atoms with E-state index in [0.29, 0.717) is 55.4 Å². The molecule has 0 bridgehead atoms. The normalized spacial score (nSPS) is 15.8. The number of rotatable bonds is 4. The number of esters is 1. The Hall–Kier alpha value is -1.86. The first-order chi connectivity index (χ1) is 10.0. The smallest absolute Gasteiger partial charge is 0.340 e. The molecule has 2 heterocycles. The molecule has 7 heteroatoms. The summed E-state index contributed by atoms with van der Waals surface area (Å²) in [6.07, 6.45) is 0. The minimum atomic E-state index is -0.408. The van der Waals surface area contributed by atoms with Gasteiger partial charge in [-0.25, -0.2) is 9.80 Å². The molecule has 0 unspecified atom stereocenters. The summed E-state index contributed by atoms with van der Waals surface area (Å²) in [5, 5.41) is 1.81. The zero-order chi connectivity index (χ0) is 15.4. The lowest BCUT2D eigenvalue weighted by molar-refractivity contribution is 0.0124. The number of ether oxygens (including phenoxy) is 2. The summed E-state index contributed by atoms with van der Waals surface area (Å²) in [5.41, 5.74) is 4.89. The fraction of sp³-hybridized carbons (Fsp3) is 0.571. The molecule has 0 aliphatic carbocycles. The van der Waals surface area contributed by atoms with Gasteiger partial charge in [-0.3, -0.25) is 10.2 Å². The van der Waals surface area contributed by atoms with Crippen molar-refractivity contribution in [3.8, 4) is 0 Å². The molecule has 1 amide bonds. The molecule has 1 aromatic rings. The van der Waals surface area contributed by atoms with Crippen molar-refractivity contribution in [3.63, 3.8) is 0 Å². The largest absolute Gasteiger partial charge is 0.462 e. The fourth-order valence-corrected chi connectivity index (χ4v) is 2.36. The quantitative estimate of drug-likeness (QED) is 0.802. The number of hydrogen-bond acceptors (Lipinski definition) is 5. The van der Waals surface area contributed by atoms with Gasteiger partial charge in [-0.15, -0.1) is 0 Å². The van der Waals surface area contributed by atoms with E-state index in [-0.39, 0.29) is 5.91 Å². The van der Waals surface area contributed by atoms with Crippen molar-refractivity contribution in [1.29, 1.82) is 0 Å². The van der Waals surface area contributed by atoms with Crippen LogP contribution in [0.2, 0.25) is 0 Å². The lowest BCUT2D eigenvalue weighted by Gasteiger charge is -2.26. The molecule has 0 spiro atoms. The molecule has 1 aromatic heterocycles. The van der Waals surface area contributed by atoms with Crippen LogP contribution < -0.4 is 5.43 Å². The first-order valence-electron chi connectivity index (χ1n) is 7.04. The van der Waals surface area contributed by atoms with Gasteiger partial charge >= 0.3 is 5.97 Å². The number of hydrogen-bond donors (Lipinski definition) is 2. The Bertz CT molecular complexity index is 533. The number of carbonyl (C=O) groups is 2. The predicted molar refractivity (Wildman–Crippen MR) is 76.1 cm³/mol. The van der Waals surface area contributed by atoms with Crippen molar-refractivity contribution >= 4 is 11.9 Å². The second-order valence-corrected chi connectivity index (χ2v) is 4.89. The first kappa shape index (κ1) is 15.5. The molecule has 2 N–H and O–H groups in total. The molecule has 1 aliphatic heterocycles. The van der Waals surface area contributed by atoms with Crippen molar-refractivity contribution in [2.75, 3.05) is 32.9 Å². The summed E-state index contributed by atoms with van der Waals surface area (Å²) in [6.45, 7) is 8.03. The second kappa shape index (κ2) is 6.73. The van der Waals surface area contributed by atoms with E-state index in [1.165, 1.54) is 0 Å². The Morgan fingerprint density at radius 1 is 1.33 bits per heavy atom. The number of aryl methyl sites for hydroxylation is 1. The topological polar surface area (TPSA) is 83.7 Å². The van der Waals surface area contributed by atoms with Crippen LogP contribution in [0.15, 0.2) is 0 Å². The predicted octanol–water partition coefficient (Wildman–Crippen LogP) is 0.785. The molecule has 1 fully saturated rings. The lowest BCUT2D eigenvalue weighted by atomic mass is 10.1. The number of amides is 1. The van der Waals surface area contributed by atoms with E-state index in [1.807, 2.05) is 5.01 Å². The number of aromatic amines is 1. The second-order valence-electron chi connectivity index (χ2n) is 4.89. The third-order valence-corrected chi connectivity index (χ3v) is 3.41. The number of hydrazine groups is 1. The third kappa shape index (κ3) is 3.43. The molecule has 21 heavy (non-hydrogen) atoms. The summed E-state index contributed by atoms with van der Waals surface area (Å²) >= 11 is 0. The van der Waals surface area contributed by atoms with Gasteiger partial charge < -0.3 is 14.5 Å². The van der Waals surface area contributed by atoms with Crippen LogP contribution in [0.25, 0.3) is 0 Å². The summed E-state index contributed by atoms with van der Waals surface area (Å²) in [6, 6.07) is 0. The molecule has 0 aromatic carbocycles. The fourth-order valence-electron chi connectivity index (χ4n) is 2.36. The highest BCUT2D eigenvalue weighted by Crippen LogP contribution is 2.19. The molecule has 0 atom stereocenters. The zero-order valence-corrected chi connectivity index (χ0v) is 12.6. The van der Waals surface area contributed by atoms with Crippen LogP contribution in [-0.4, -0.2) is 54.8 Å². The first-order valence-corrected chi connectivity index (χ1v) is 7.04. The highest BCUT2D eigenvalue weighted by Gasteiger charge is 2.24. The number of morpholine rings is 1. The SMILES string of the molecule is CCOC(=O)c1c(C)[nH]c(C(=O)NN2CCOCC2)c1C. The molecular formula is C14H21N3O4. The Kier molecular flexibility index (Phi) is 4.98. The maximum atomic E-state index is 12.3. The summed E-state index contributed by atoms with van der Waals surface area (Å²) in [5.74, 6) is -0.665. The molecule has 116 valence electrons. The minimum Gasteiger partial charge on any atom is -0.462 e. The van der Waals surface area contributed by atoms with Crippen LogP contribution in [0.4, 0.5) is 0 Å². The molecule has 0 radical (unpaired) electrons. The highest BCUT2D eigenvalue weighted by atomic mass is 16.5. The third-order valence-electron chi connectivity index (χ3n) is 3.41. The summed E-state index contributed by atoms with van der Waals surface area (Å²) in [7, 11) is 0. The van der Waals surface area contributed by atoms with Crippen molar-refractivity contribution in [2.45, 2.75) is 20.8 Å². The maximum Gasteiger partial charge on any atom is 0.340 e. The van der Waals surface area contributed by atoms with Gasteiger partial charge in [0.25, 0.3) is 5.91 Å². The van der Waals surface area contributed by atoms with E-state index in [4.69, 9.17) is 9.47 Å². The standard InChI is InChI=1S/C14H21N3O4/c1-4-21-14(19)11-9(2)12(15-10(11)3)13(18)16-17-5-7-20-8-6-17/h15H,4-8H2,1-3H3,(H,16,18). The average Bonchev–Trinajstić information content (AvgIpc) is 2.75. The van der Waals surface area contributed by atoms with Gasteiger partial charge in [-0.1, -0.05) is 0 Å². The molecular weight excluding hydrogens is 274 g/mol. The van der Waals surface area contributed by atoms with Crippen molar-refractivity contribution in [2.24, 2.45) is 0 Å². The molecule has 0 saturated carbocycles. The molecule has 2 rings (SSSR count). The number of nitrogens with zero attached hydrogens (tertiary/aromatic N) is 1. The monoisotopic (exact) mass is 295 g/mol. The lowest BCUT2D eigenvalue weighted by Crippen LogP contribution is -2.48. The number of carbonyl (C=O) groups excluding carboxylic acids is 2. The van der Waals surface area contributed by atoms with Crippen LogP contribution in [0, 0.1) is 13.8 Å². The van der Waals surface area contributed by atoms with E-state index in [2.05, 4.69) is 10.4 Å². The van der Waals surface area contributed by atoms with Crippen LogP contribution >= 0.6 is 0 Å². The minimum absolute atomic E-state index is 0.256. The van der Waals surface area contributed by atoms with E-state index in [1.54, 1.807) is 20.8 Å². The highest BCUT2D eigenvalue weighted by molar-refractivity contribution is 6.00. The number of aromatic nitrogens is 1. The van der Waals surface area contributed by atoms with Crippen molar-refractivity contribution < 1.29 is 19.1 Å². The Morgan fingerprint density at radius 3 is 2.62 bits per heavy atom. The van der Waals surface area contributed by atoms with Crippen LogP contribution in [-0.2, 0) is 9.47 Å². The van der Waals surface area contributed by atoms with Crippen molar-refractivity contribution in [1.82, 2.24) is 15.4 Å². The van der Waals surface area contributed by atoms with Gasteiger partial charge in [0, 0.05) is 18.8 Å². The Morgan fingerprint density at radius 2 is 2.00 bits per heavy atom. The van der Waals surface area contributed by atoms with Crippen LogP contribution in [0.3, 0.4) is 0 Å². The summed E-state index contributed by atoms with van der Waals surface area (Å²) < 4.78 is 10.2. The number of nitrogens with one attached hydrogen (secondary N) is 2. The van der Waals surface area contributed by atoms with E-state index >= 15 is 0 Å². The van der Waals surface area contributed by atoms with Gasteiger partial charge in [0.2, 0.25) is 0 Å². The summed E-state index contributed by atoms with van der Waals surface area (Å²) in [4.78, 5) is 27.2. The Balaban J connectivity index is 2.14. The van der Waals surface area contributed by atoms with Crippen LogP contribution in [0.5, 0.6) is 0 Å². The Labute approximate surface area is 123 Å². The van der Waals surface area contributed by atoms with Crippen LogP contribution in [0.1, 0.15) is 39.0 Å². The maximum absolute atomic E-state index is 12.3. The van der Waals surface area contributed by atoms with Gasteiger partial charge in [0.15, 0.2) is 0 Å². The van der Waals surface area contributed by atoms with E-state index in [0.717, 1.165) is 0 Å². The van der Waals surface area contributed by atoms with Gasteiger partial charge in [0.1, 0.15) is 5.69 Å². The molecule has 1 aliphatic rings. The molecule has 7 nitrogen and oxygen atoms in total.